The monoisotopic (exact) mass is 414 g/mol. The number of methoxy groups -OCH3 is 1. The van der Waals surface area contributed by atoms with Crippen LogP contribution in [-0.4, -0.2) is 13.1 Å². The van der Waals surface area contributed by atoms with Gasteiger partial charge in [-0.1, -0.05) is 30.7 Å². The quantitative estimate of drug-likeness (QED) is 0.400. The predicted octanol–water partition coefficient (Wildman–Crippen LogP) is 5.56. The highest BCUT2D eigenvalue weighted by Gasteiger charge is 2.21. The van der Waals surface area contributed by atoms with E-state index in [0.29, 0.717) is 27.8 Å². The van der Waals surface area contributed by atoms with E-state index in [-0.39, 0.29) is 16.9 Å². The molecule has 156 valence electrons. The maximum absolute atomic E-state index is 13.4. The van der Waals surface area contributed by atoms with Crippen molar-refractivity contribution in [3.63, 3.8) is 0 Å². The molecule has 0 N–H and O–H groups in total. The number of carbonyl (C=O) groups is 1. The van der Waals surface area contributed by atoms with Gasteiger partial charge in [-0.2, -0.15) is 0 Å². The molecule has 5 nitrogen and oxygen atoms in total. The van der Waals surface area contributed by atoms with Gasteiger partial charge in [0.2, 0.25) is 11.2 Å². The normalized spacial score (nSPS) is 10.8. The van der Waals surface area contributed by atoms with Crippen LogP contribution in [0.3, 0.4) is 0 Å². The van der Waals surface area contributed by atoms with Crippen LogP contribution < -0.4 is 14.9 Å². The molecule has 0 saturated carbocycles. The van der Waals surface area contributed by atoms with Gasteiger partial charge in [-0.25, -0.2) is 4.79 Å². The number of rotatable bonds is 5. The first kappa shape index (κ1) is 20.4. The van der Waals surface area contributed by atoms with Gasteiger partial charge in [-0.3, -0.25) is 4.79 Å². The molecule has 0 unspecified atom stereocenters. The average Bonchev–Trinajstić information content (AvgIpc) is 2.80. The molecule has 0 bridgehead atoms. The van der Waals surface area contributed by atoms with E-state index in [0.717, 1.165) is 17.5 Å². The molecule has 5 heteroatoms. The summed E-state index contributed by atoms with van der Waals surface area (Å²) in [4.78, 5) is 26.2. The van der Waals surface area contributed by atoms with Gasteiger partial charge in [-0.15, -0.1) is 0 Å². The van der Waals surface area contributed by atoms with E-state index in [9.17, 15) is 9.59 Å². The van der Waals surface area contributed by atoms with Crippen LogP contribution in [0.1, 0.15) is 28.4 Å². The number of aryl methyl sites for hydroxylation is 2. The van der Waals surface area contributed by atoms with E-state index in [2.05, 4.69) is 0 Å². The average molecular weight is 414 g/mol. The highest BCUT2D eigenvalue weighted by molar-refractivity contribution is 5.93. The molecule has 0 amide bonds. The second-order valence-corrected chi connectivity index (χ2v) is 7.26. The van der Waals surface area contributed by atoms with Gasteiger partial charge >= 0.3 is 5.97 Å². The van der Waals surface area contributed by atoms with Crippen molar-refractivity contribution in [1.82, 2.24) is 0 Å². The van der Waals surface area contributed by atoms with Crippen LogP contribution in [0.25, 0.3) is 22.3 Å². The molecule has 0 saturated heterocycles. The number of benzene rings is 3. The predicted molar refractivity (Wildman–Crippen MR) is 120 cm³/mol. The number of ether oxygens (including phenoxy) is 2. The third kappa shape index (κ3) is 4.08. The minimum absolute atomic E-state index is 0.127. The van der Waals surface area contributed by atoms with Crippen LogP contribution >= 0.6 is 0 Å². The van der Waals surface area contributed by atoms with Gasteiger partial charge < -0.3 is 13.9 Å². The van der Waals surface area contributed by atoms with Crippen molar-refractivity contribution in [2.24, 2.45) is 0 Å². The summed E-state index contributed by atoms with van der Waals surface area (Å²) in [6.45, 7) is 3.89. The van der Waals surface area contributed by atoms with Gasteiger partial charge in [-0.05, 0) is 67.4 Å². The van der Waals surface area contributed by atoms with Gasteiger partial charge in [0.05, 0.1) is 18.1 Å². The standard InChI is InChI=1S/C26H22O5/c1-4-17-8-13-22-21(15-17)23(27)25(31-26(28)19-7-5-6-16(2)14-19)24(30-22)18-9-11-20(29-3)12-10-18/h5-15H,4H2,1-3H3. The number of hydrogen-bond acceptors (Lipinski definition) is 5. The molecule has 0 aliphatic heterocycles. The zero-order chi connectivity index (χ0) is 22.0. The largest absolute Gasteiger partial charge is 0.497 e. The van der Waals surface area contributed by atoms with E-state index in [1.54, 1.807) is 61.7 Å². The number of hydrogen-bond donors (Lipinski definition) is 0. The van der Waals surface area contributed by atoms with E-state index < -0.39 is 5.97 Å². The summed E-state index contributed by atoms with van der Waals surface area (Å²) in [6.07, 6.45) is 0.772. The van der Waals surface area contributed by atoms with Gasteiger partial charge in [0.15, 0.2) is 5.76 Å². The molecule has 0 aliphatic carbocycles. The highest BCUT2D eigenvalue weighted by Crippen LogP contribution is 2.32. The smallest absolute Gasteiger partial charge is 0.343 e. The first-order valence-corrected chi connectivity index (χ1v) is 10.0. The number of carbonyl (C=O) groups excluding carboxylic acids is 1. The summed E-state index contributed by atoms with van der Waals surface area (Å²) in [5.41, 5.74) is 2.93. The molecule has 4 rings (SSSR count). The summed E-state index contributed by atoms with van der Waals surface area (Å²) in [7, 11) is 1.57. The van der Waals surface area contributed by atoms with Gasteiger partial charge in [0.25, 0.3) is 0 Å². The van der Waals surface area contributed by atoms with Crippen LogP contribution in [0, 0.1) is 6.92 Å². The van der Waals surface area contributed by atoms with Crippen molar-refractivity contribution in [1.29, 1.82) is 0 Å². The Labute approximate surface area is 179 Å². The summed E-state index contributed by atoms with van der Waals surface area (Å²) >= 11 is 0. The fourth-order valence-electron chi connectivity index (χ4n) is 3.39. The number of fused-ring (bicyclic) bond motifs is 1. The summed E-state index contributed by atoms with van der Waals surface area (Å²) in [6, 6.07) is 19.5. The highest BCUT2D eigenvalue weighted by atomic mass is 16.5. The topological polar surface area (TPSA) is 65.7 Å². The number of esters is 1. The third-order valence-corrected chi connectivity index (χ3v) is 5.12. The SMILES string of the molecule is CCc1ccc2oc(-c3ccc(OC)cc3)c(OC(=O)c3cccc(C)c3)c(=O)c2c1. The van der Waals surface area contributed by atoms with Crippen LogP contribution in [0.5, 0.6) is 11.5 Å². The maximum Gasteiger partial charge on any atom is 0.343 e. The molecule has 0 atom stereocenters. The van der Waals surface area contributed by atoms with Gasteiger partial charge in [0, 0.05) is 5.56 Å². The van der Waals surface area contributed by atoms with Crippen molar-refractivity contribution in [3.8, 4) is 22.8 Å². The Morgan fingerprint density at radius 1 is 1.00 bits per heavy atom. The Kier molecular flexibility index (Phi) is 5.58. The second kappa shape index (κ2) is 8.48. The second-order valence-electron chi connectivity index (χ2n) is 7.26. The Morgan fingerprint density at radius 3 is 2.45 bits per heavy atom. The van der Waals surface area contributed by atoms with E-state index >= 15 is 0 Å². The molecule has 0 fully saturated rings. The molecular formula is C26H22O5. The van der Waals surface area contributed by atoms with Crippen LogP contribution in [0.4, 0.5) is 0 Å². The minimum atomic E-state index is -0.614. The van der Waals surface area contributed by atoms with Crippen molar-refractivity contribution in [2.75, 3.05) is 7.11 Å². The van der Waals surface area contributed by atoms with Crippen LogP contribution in [0.15, 0.2) is 75.9 Å². The van der Waals surface area contributed by atoms with Crippen molar-refractivity contribution >= 4 is 16.9 Å². The Hall–Kier alpha value is -3.86. The zero-order valence-electron chi connectivity index (χ0n) is 17.6. The molecule has 0 aliphatic rings. The minimum Gasteiger partial charge on any atom is -0.497 e. The van der Waals surface area contributed by atoms with Crippen LogP contribution in [-0.2, 0) is 6.42 Å². The van der Waals surface area contributed by atoms with Crippen molar-refractivity contribution in [2.45, 2.75) is 20.3 Å². The Morgan fingerprint density at radius 2 is 1.77 bits per heavy atom. The first-order chi connectivity index (χ1) is 15.0. The lowest BCUT2D eigenvalue weighted by atomic mass is 10.1. The van der Waals surface area contributed by atoms with Crippen molar-refractivity contribution in [3.05, 3.63) is 93.6 Å². The van der Waals surface area contributed by atoms with Gasteiger partial charge in [0.1, 0.15) is 11.3 Å². The van der Waals surface area contributed by atoms with E-state index in [1.807, 2.05) is 26.0 Å². The molecule has 0 radical (unpaired) electrons. The van der Waals surface area contributed by atoms with E-state index in [1.165, 1.54) is 0 Å². The zero-order valence-corrected chi connectivity index (χ0v) is 17.6. The lowest BCUT2D eigenvalue weighted by Gasteiger charge is -2.12. The molecule has 3 aromatic carbocycles. The molecule has 31 heavy (non-hydrogen) atoms. The molecule has 1 aromatic heterocycles. The Bertz CT molecular complexity index is 1320. The molecule has 4 aromatic rings. The van der Waals surface area contributed by atoms with Crippen LogP contribution in [0.2, 0.25) is 0 Å². The van der Waals surface area contributed by atoms with E-state index in [4.69, 9.17) is 13.9 Å². The lowest BCUT2D eigenvalue weighted by molar-refractivity contribution is 0.0731. The maximum atomic E-state index is 13.4. The fourth-order valence-corrected chi connectivity index (χ4v) is 3.39. The summed E-state index contributed by atoms with van der Waals surface area (Å²) < 4.78 is 16.9. The third-order valence-electron chi connectivity index (χ3n) is 5.12. The summed E-state index contributed by atoms with van der Waals surface area (Å²) in [5.74, 6) is 0.123. The Balaban J connectivity index is 1.89. The molecule has 0 spiro atoms. The molecule has 1 heterocycles. The fraction of sp³-hybridized carbons (Fsp3) is 0.154. The molecular weight excluding hydrogens is 392 g/mol. The first-order valence-electron chi connectivity index (χ1n) is 10.0. The lowest BCUT2D eigenvalue weighted by Crippen LogP contribution is -2.16. The van der Waals surface area contributed by atoms with Crippen molar-refractivity contribution < 1.29 is 18.7 Å². The summed E-state index contributed by atoms with van der Waals surface area (Å²) in [5, 5.41) is 0.378.